The zero-order valence-electron chi connectivity index (χ0n) is 12.4. The van der Waals surface area contributed by atoms with E-state index in [1.54, 1.807) is 0 Å². The molecule has 1 heterocycles. The number of benzene rings is 1. The number of urea groups is 1. The Morgan fingerprint density at radius 2 is 2.05 bits per heavy atom. The van der Waals surface area contributed by atoms with E-state index in [0.717, 1.165) is 29.7 Å². The number of nitrogens with one attached hydrogen (secondary N) is 3. The highest BCUT2D eigenvalue weighted by atomic mass is 16.2. The third-order valence-electron chi connectivity index (χ3n) is 4.11. The first-order valence-electron chi connectivity index (χ1n) is 7.74. The number of rotatable bonds is 3. The number of para-hydroxylation sites is 2. The monoisotopic (exact) mass is 286 g/mol. The Balaban J connectivity index is 1.59. The summed E-state index contributed by atoms with van der Waals surface area (Å²) in [6.07, 6.45) is 5.89. The van der Waals surface area contributed by atoms with Crippen molar-refractivity contribution in [2.75, 3.05) is 0 Å². The fourth-order valence-electron chi connectivity index (χ4n) is 2.92. The molecule has 5 heteroatoms. The summed E-state index contributed by atoms with van der Waals surface area (Å²) in [6, 6.07) is 7.96. The second-order valence-corrected chi connectivity index (χ2v) is 5.81. The Hall–Kier alpha value is -2.04. The zero-order valence-corrected chi connectivity index (χ0v) is 12.4. The van der Waals surface area contributed by atoms with Crippen LogP contribution in [0.25, 0.3) is 11.0 Å². The van der Waals surface area contributed by atoms with Crippen LogP contribution in [0.3, 0.4) is 0 Å². The van der Waals surface area contributed by atoms with E-state index in [1.807, 2.05) is 31.2 Å². The summed E-state index contributed by atoms with van der Waals surface area (Å²) >= 11 is 0. The highest BCUT2D eigenvalue weighted by molar-refractivity contribution is 5.76. The fourth-order valence-corrected chi connectivity index (χ4v) is 2.92. The van der Waals surface area contributed by atoms with Crippen LogP contribution in [0.2, 0.25) is 0 Å². The first-order chi connectivity index (χ1) is 10.2. The quantitative estimate of drug-likeness (QED) is 0.810. The molecule has 1 atom stereocenters. The molecule has 1 fully saturated rings. The molecule has 1 unspecified atom stereocenters. The SMILES string of the molecule is CC(NC(=O)NC1CCCCC1)c1nc2ccccc2[nH]1. The lowest BCUT2D eigenvalue weighted by molar-refractivity contribution is 0.229. The molecule has 2 amide bonds. The van der Waals surface area contributed by atoms with Gasteiger partial charge in [0.15, 0.2) is 0 Å². The van der Waals surface area contributed by atoms with Gasteiger partial charge >= 0.3 is 6.03 Å². The second-order valence-electron chi connectivity index (χ2n) is 5.81. The molecule has 1 saturated carbocycles. The Bertz CT molecular complexity index is 583. The van der Waals surface area contributed by atoms with Gasteiger partial charge in [-0.1, -0.05) is 31.4 Å². The van der Waals surface area contributed by atoms with Gasteiger partial charge in [0.05, 0.1) is 17.1 Å². The van der Waals surface area contributed by atoms with Crippen molar-refractivity contribution in [1.82, 2.24) is 20.6 Å². The van der Waals surface area contributed by atoms with Crippen LogP contribution in [-0.4, -0.2) is 22.0 Å². The van der Waals surface area contributed by atoms with E-state index in [4.69, 9.17) is 0 Å². The van der Waals surface area contributed by atoms with Gasteiger partial charge in [-0.05, 0) is 31.9 Å². The third-order valence-corrected chi connectivity index (χ3v) is 4.11. The first-order valence-corrected chi connectivity index (χ1v) is 7.74. The maximum absolute atomic E-state index is 12.0. The van der Waals surface area contributed by atoms with Crippen LogP contribution < -0.4 is 10.6 Å². The number of amides is 2. The van der Waals surface area contributed by atoms with Crippen molar-refractivity contribution in [2.24, 2.45) is 0 Å². The first kappa shape index (κ1) is 13.9. The highest BCUT2D eigenvalue weighted by Gasteiger charge is 2.18. The number of aromatic amines is 1. The molecule has 3 N–H and O–H groups in total. The molecule has 0 saturated heterocycles. The number of carbonyl (C=O) groups excluding carboxylic acids is 1. The van der Waals surface area contributed by atoms with Crippen LogP contribution in [0, 0.1) is 0 Å². The Morgan fingerprint density at radius 1 is 1.29 bits per heavy atom. The lowest BCUT2D eigenvalue weighted by atomic mass is 9.96. The van der Waals surface area contributed by atoms with Gasteiger partial charge in [0.1, 0.15) is 5.82 Å². The molecule has 1 aliphatic rings. The van der Waals surface area contributed by atoms with Crippen molar-refractivity contribution in [2.45, 2.75) is 51.1 Å². The van der Waals surface area contributed by atoms with E-state index in [1.165, 1.54) is 19.3 Å². The molecule has 3 rings (SSSR count). The average Bonchev–Trinajstić information content (AvgIpc) is 2.92. The summed E-state index contributed by atoms with van der Waals surface area (Å²) in [7, 11) is 0. The molecule has 1 aromatic carbocycles. The van der Waals surface area contributed by atoms with Crippen molar-refractivity contribution in [3.63, 3.8) is 0 Å². The molecule has 0 spiro atoms. The van der Waals surface area contributed by atoms with Gasteiger partial charge < -0.3 is 15.6 Å². The highest BCUT2D eigenvalue weighted by Crippen LogP contribution is 2.18. The molecule has 2 aromatic rings. The molecule has 1 aliphatic carbocycles. The van der Waals surface area contributed by atoms with Crippen molar-refractivity contribution in [3.05, 3.63) is 30.1 Å². The molecule has 5 nitrogen and oxygen atoms in total. The minimum absolute atomic E-state index is 0.102. The van der Waals surface area contributed by atoms with Crippen LogP contribution in [0.5, 0.6) is 0 Å². The van der Waals surface area contributed by atoms with Crippen molar-refractivity contribution in [1.29, 1.82) is 0 Å². The Morgan fingerprint density at radius 3 is 2.81 bits per heavy atom. The summed E-state index contributed by atoms with van der Waals surface area (Å²) in [5.74, 6) is 0.787. The molecule has 0 aliphatic heterocycles. The van der Waals surface area contributed by atoms with Crippen LogP contribution in [0.15, 0.2) is 24.3 Å². The predicted octanol–water partition coefficient (Wildman–Crippen LogP) is 3.26. The average molecular weight is 286 g/mol. The molecular formula is C16H22N4O. The van der Waals surface area contributed by atoms with Crippen LogP contribution in [0.1, 0.15) is 50.9 Å². The number of carbonyl (C=O) groups is 1. The van der Waals surface area contributed by atoms with Gasteiger partial charge in [0.2, 0.25) is 0 Å². The van der Waals surface area contributed by atoms with E-state index >= 15 is 0 Å². The standard InChI is InChI=1S/C16H22N4O/c1-11(15-19-13-9-5-6-10-14(13)20-15)17-16(21)18-12-7-3-2-4-8-12/h5-6,9-12H,2-4,7-8H2,1H3,(H,19,20)(H2,17,18,21). The van der Waals surface area contributed by atoms with Gasteiger partial charge in [-0.15, -0.1) is 0 Å². The maximum atomic E-state index is 12.0. The molecule has 0 radical (unpaired) electrons. The second kappa shape index (κ2) is 6.16. The maximum Gasteiger partial charge on any atom is 0.315 e. The van der Waals surface area contributed by atoms with E-state index in [-0.39, 0.29) is 12.1 Å². The topological polar surface area (TPSA) is 69.8 Å². The number of hydrogen-bond acceptors (Lipinski definition) is 2. The summed E-state index contributed by atoms with van der Waals surface area (Å²) < 4.78 is 0. The number of nitrogens with zero attached hydrogens (tertiary/aromatic N) is 1. The van der Waals surface area contributed by atoms with Crippen molar-refractivity contribution in [3.8, 4) is 0 Å². The summed E-state index contributed by atoms with van der Waals surface area (Å²) in [6.45, 7) is 1.94. The van der Waals surface area contributed by atoms with E-state index in [9.17, 15) is 4.79 Å². The summed E-state index contributed by atoms with van der Waals surface area (Å²) in [5.41, 5.74) is 1.92. The number of imidazole rings is 1. The minimum atomic E-state index is -0.138. The van der Waals surface area contributed by atoms with E-state index in [0.29, 0.717) is 6.04 Å². The number of fused-ring (bicyclic) bond motifs is 1. The smallest absolute Gasteiger partial charge is 0.315 e. The van der Waals surface area contributed by atoms with Crippen LogP contribution in [-0.2, 0) is 0 Å². The van der Waals surface area contributed by atoms with Crippen molar-refractivity contribution < 1.29 is 4.79 Å². The predicted molar refractivity (Wildman–Crippen MR) is 83.0 cm³/mol. The van der Waals surface area contributed by atoms with Crippen molar-refractivity contribution >= 4 is 17.1 Å². The summed E-state index contributed by atoms with van der Waals surface area (Å²) in [4.78, 5) is 19.8. The van der Waals surface area contributed by atoms with Crippen LogP contribution in [0.4, 0.5) is 4.79 Å². The van der Waals surface area contributed by atoms with Gasteiger partial charge in [-0.2, -0.15) is 0 Å². The Kier molecular flexibility index (Phi) is 4.08. The lowest BCUT2D eigenvalue weighted by Gasteiger charge is -2.23. The molecular weight excluding hydrogens is 264 g/mol. The number of hydrogen-bond donors (Lipinski definition) is 3. The van der Waals surface area contributed by atoms with E-state index < -0.39 is 0 Å². The zero-order chi connectivity index (χ0) is 14.7. The van der Waals surface area contributed by atoms with Gasteiger partial charge in [0.25, 0.3) is 0 Å². The van der Waals surface area contributed by atoms with E-state index in [2.05, 4.69) is 20.6 Å². The van der Waals surface area contributed by atoms with Gasteiger partial charge in [-0.3, -0.25) is 0 Å². The lowest BCUT2D eigenvalue weighted by Crippen LogP contribution is -2.43. The fraction of sp³-hybridized carbons (Fsp3) is 0.500. The normalized spacial score (nSPS) is 17.6. The van der Waals surface area contributed by atoms with Gasteiger partial charge in [-0.25, -0.2) is 9.78 Å². The largest absolute Gasteiger partial charge is 0.340 e. The Labute approximate surface area is 124 Å². The van der Waals surface area contributed by atoms with Crippen LogP contribution >= 0.6 is 0 Å². The molecule has 112 valence electrons. The minimum Gasteiger partial charge on any atom is -0.340 e. The number of H-pyrrole nitrogens is 1. The summed E-state index contributed by atoms with van der Waals surface area (Å²) in [5, 5.41) is 6.02. The third kappa shape index (κ3) is 3.35. The molecule has 0 bridgehead atoms. The molecule has 21 heavy (non-hydrogen) atoms. The number of aromatic nitrogens is 2. The van der Waals surface area contributed by atoms with Gasteiger partial charge in [0, 0.05) is 6.04 Å². The molecule has 1 aromatic heterocycles.